The Morgan fingerprint density at radius 3 is 2.61 bits per heavy atom. The second-order valence-electron chi connectivity index (χ2n) is 5.33. The predicted octanol–water partition coefficient (Wildman–Crippen LogP) is 2.95. The van der Waals surface area contributed by atoms with Gasteiger partial charge >= 0.3 is 5.97 Å². The van der Waals surface area contributed by atoms with Crippen LogP contribution in [0.5, 0.6) is 0 Å². The van der Waals surface area contributed by atoms with Gasteiger partial charge in [-0.05, 0) is 52.3 Å². The molecule has 0 unspecified atom stereocenters. The summed E-state index contributed by atoms with van der Waals surface area (Å²) in [5.74, 6) is -0.932. The molecule has 0 bridgehead atoms. The largest absolute Gasteiger partial charge is 0.468 e. The van der Waals surface area contributed by atoms with Crippen molar-refractivity contribution < 1.29 is 13.9 Å². The van der Waals surface area contributed by atoms with Crippen LogP contribution in [-0.2, 0) is 16.1 Å². The van der Waals surface area contributed by atoms with Crippen molar-refractivity contribution in [1.29, 1.82) is 0 Å². The van der Waals surface area contributed by atoms with Crippen LogP contribution in [0.2, 0.25) is 0 Å². The van der Waals surface area contributed by atoms with E-state index in [0.29, 0.717) is 16.8 Å². The van der Waals surface area contributed by atoms with E-state index < -0.39 is 11.5 Å². The van der Waals surface area contributed by atoms with E-state index in [4.69, 9.17) is 0 Å². The molecule has 0 spiro atoms. The Kier molecular flexibility index (Phi) is 5.51. The molecular weight excluding hydrogens is 414 g/mol. The highest BCUT2D eigenvalue weighted by molar-refractivity contribution is 14.1. The Bertz CT molecular complexity index is 782. The Balaban J connectivity index is 2.62. The van der Waals surface area contributed by atoms with Gasteiger partial charge in [0.1, 0.15) is 12.4 Å². The highest BCUT2D eigenvalue weighted by Crippen LogP contribution is 2.28. The molecule has 5 nitrogen and oxygen atoms in total. The van der Waals surface area contributed by atoms with E-state index in [2.05, 4.69) is 9.84 Å². The minimum absolute atomic E-state index is 0.00424. The smallest absolute Gasteiger partial charge is 0.327 e. The Hall–Kier alpha value is -1.77. The minimum atomic E-state index is -0.553. The predicted molar refractivity (Wildman–Crippen MR) is 92.7 cm³/mol. The molecule has 0 radical (unpaired) electrons. The summed E-state index contributed by atoms with van der Waals surface area (Å²) >= 11 is 2.02. The number of ether oxygens (including phenoxy) is 1. The number of hydrogen-bond acceptors (Lipinski definition) is 4. The lowest BCUT2D eigenvalue weighted by molar-refractivity contribution is -0.141. The fourth-order valence-corrected chi connectivity index (χ4v) is 2.81. The fraction of sp³-hybridized carbons (Fsp3) is 0.312. The molecular formula is C16H16FIN2O3. The first-order valence-electron chi connectivity index (χ1n) is 6.97. The first-order valence-corrected chi connectivity index (χ1v) is 8.05. The van der Waals surface area contributed by atoms with Crippen molar-refractivity contribution in [3.63, 3.8) is 0 Å². The molecule has 1 aromatic carbocycles. The van der Waals surface area contributed by atoms with E-state index >= 15 is 0 Å². The number of aromatic nitrogens is 2. The van der Waals surface area contributed by atoms with Crippen LogP contribution in [0.3, 0.4) is 0 Å². The molecule has 2 rings (SSSR count). The molecule has 0 amide bonds. The van der Waals surface area contributed by atoms with Gasteiger partial charge in [0, 0.05) is 15.2 Å². The number of halogens is 2. The molecule has 0 atom stereocenters. The SMILES string of the molecule is COC(=O)Cn1nc(C(C)C)c(-c2cc(F)cc(I)c2)cc1=O. The molecule has 0 aliphatic carbocycles. The van der Waals surface area contributed by atoms with Gasteiger partial charge in [-0.1, -0.05) is 13.8 Å². The van der Waals surface area contributed by atoms with Crippen molar-refractivity contribution in [2.24, 2.45) is 0 Å². The van der Waals surface area contributed by atoms with Gasteiger partial charge in [0.05, 0.1) is 12.8 Å². The summed E-state index contributed by atoms with van der Waals surface area (Å²) in [5.41, 5.74) is 1.35. The first-order chi connectivity index (χ1) is 10.8. The maximum atomic E-state index is 13.7. The molecule has 0 aliphatic rings. The van der Waals surface area contributed by atoms with Crippen molar-refractivity contribution in [2.75, 3.05) is 7.11 Å². The van der Waals surface area contributed by atoms with Gasteiger partial charge in [-0.15, -0.1) is 0 Å². The van der Waals surface area contributed by atoms with Crippen molar-refractivity contribution in [3.8, 4) is 11.1 Å². The van der Waals surface area contributed by atoms with E-state index in [1.807, 2.05) is 36.4 Å². The van der Waals surface area contributed by atoms with Crippen molar-refractivity contribution in [2.45, 2.75) is 26.3 Å². The van der Waals surface area contributed by atoms with Gasteiger partial charge < -0.3 is 4.74 Å². The lowest BCUT2D eigenvalue weighted by atomic mass is 9.98. The fourth-order valence-electron chi connectivity index (χ4n) is 2.17. The van der Waals surface area contributed by atoms with Crippen LogP contribution in [0.1, 0.15) is 25.5 Å². The molecule has 2 aromatic rings. The van der Waals surface area contributed by atoms with Crippen molar-refractivity contribution >= 4 is 28.6 Å². The van der Waals surface area contributed by atoms with Gasteiger partial charge in [-0.2, -0.15) is 5.10 Å². The summed E-state index contributed by atoms with van der Waals surface area (Å²) in [5, 5.41) is 4.27. The van der Waals surface area contributed by atoms with E-state index in [9.17, 15) is 14.0 Å². The molecule has 1 heterocycles. The average Bonchev–Trinajstić information content (AvgIpc) is 2.47. The Labute approximate surface area is 146 Å². The van der Waals surface area contributed by atoms with Crippen LogP contribution in [-0.4, -0.2) is 22.9 Å². The third-order valence-corrected chi connectivity index (χ3v) is 3.88. The second kappa shape index (κ2) is 7.20. The van der Waals surface area contributed by atoms with Crippen LogP contribution >= 0.6 is 22.6 Å². The van der Waals surface area contributed by atoms with E-state index in [-0.39, 0.29) is 18.3 Å². The molecule has 0 saturated heterocycles. The summed E-state index contributed by atoms with van der Waals surface area (Å²) in [6.45, 7) is 3.59. The normalized spacial score (nSPS) is 10.9. The number of benzene rings is 1. The van der Waals surface area contributed by atoms with Gasteiger partial charge in [-0.3, -0.25) is 9.59 Å². The Morgan fingerprint density at radius 1 is 1.35 bits per heavy atom. The zero-order valence-electron chi connectivity index (χ0n) is 13.0. The number of carbonyl (C=O) groups is 1. The zero-order chi connectivity index (χ0) is 17.1. The third kappa shape index (κ3) is 4.15. The molecule has 0 N–H and O–H groups in total. The third-order valence-electron chi connectivity index (χ3n) is 3.25. The monoisotopic (exact) mass is 430 g/mol. The van der Waals surface area contributed by atoms with Crippen LogP contribution in [0.4, 0.5) is 4.39 Å². The second-order valence-corrected chi connectivity index (χ2v) is 6.57. The highest BCUT2D eigenvalue weighted by atomic mass is 127. The molecule has 23 heavy (non-hydrogen) atoms. The quantitative estimate of drug-likeness (QED) is 0.553. The summed E-state index contributed by atoms with van der Waals surface area (Å²) in [7, 11) is 1.25. The summed E-state index contributed by atoms with van der Waals surface area (Å²) in [6.07, 6.45) is 0. The molecule has 0 saturated carbocycles. The van der Waals surface area contributed by atoms with Crippen LogP contribution < -0.4 is 5.56 Å². The van der Waals surface area contributed by atoms with E-state index in [1.54, 1.807) is 6.07 Å². The molecule has 7 heteroatoms. The van der Waals surface area contributed by atoms with Crippen LogP contribution in [0.25, 0.3) is 11.1 Å². The summed E-state index contributed by atoms with van der Waals surface area (Å²) in [6, 6.07) is 5.95. The molecule has 0 fully saturated rings. The highest BCUT2D eigenvalue weighted by Gasteiger charge is 2.16. The van der Waals surface area contributed by atoms with E-state index in [1.165, 1.54) is 25.3 Å². The van der Waals surface area contributed by atoms with Gasteiger partial charge in [-0.25, -0.2) is 9.07 Å². The van der Waals surface area contributed by atoms with E-state index in [0.717, 1.165) is 8.25 Å². The zero-order valence-corrected chi connectivity index (χ0v) is 15.1. The van der Waals surface area contributed by atoms with Gasteiger partial charge in [0.15, 0.2) is 0 Å². The molecule has 1 aromatic heterocycles. The molecule has 122 valence electrons. The van der Waals surface area contributed by atoms with Crippen molar-refractivity contribution in [1.82, 2.24) is 9.78 Å². The Morgan fingerprint density at radius 2 is 2.04 bits per heavy atom. The standard InChI is InChI=1S/C16H16FIN2O3/c1-9(2)16-13(10-4-11(17)6-12(18)5-10)7-14(21)20(19-16)8-15(22)23-3/h4-7,9H,8H2,1-3H3. The first kappa shape index (κ1) is 17.6. The number of carbonyl (C=O) groups excluding carboxylic acids is 1. The van der Waals surface area contributed by atoms with Gasteiger partial charge in [0.2, 0.25) is 0 Å². The lowest BCUT2D eigenvalue weighted by Crippen LogP contribution is -2.28. The number of rotatable bonds is 4. The average molecular weight is 430 g/mol. The lowest BCUT2D eigenvalue weighted by Gasteiger charge is -2.14. The minimum Gasteiger partial charge on any atom is -0.468 e. The maximum absolute atomic E-state index is 13.7. The topological polar surface area (TPSA) is 61.2 Å². The van der Waals surface area contributed by atoms with Crippen LogP contribution in [0, 0.1) is 9.39 Å². The number of methoxy groups -OCH3 is 1. The van der Waals surface area contributed by atoms with Gasteiger partial charge in [0.25, 0.3) is 5.56 Å². The summed E-state index contributed by atoms with van der Waals surface area (Å²) in [4.78, 5) is 23.6. The number of hydrogen-bond donors (Lipinski definition) is 0. The molecule has 0 aliphatic heterocycles. The summed E-state index contributed by atoms with van der Waals surface area (Å²) < 4.78 is 20.0. The van der Waals surface area contributed by atoms with Crippen molar-refractivity contribution in [3.05, 3.63) is 49.7 Å². The van der Waals surface area contributed by atoms with Crippen LogP contribution in [0.15, 0.2) is 29.1 Å². The number of esters is 1. The maximum Gasteiger partial charge on any atom is 0.327 e. The number of nitrogens with zero attached hydrogens (tertiary/aromatic N) is 2.